The van der Waals surface area contributed by atoms with E-state index in [0.29, 0.717) is 16.3 Å². The smallest absolute Gasteiger partial charge is 0.183 e. The van der Waals surface area contributed by atoms with Crippen molar-refractivity contribution in [2.45, 2.75) is 6.61 Å². The van der Waals surface area contributed by atoms with E-state index in [-0.39, 0.29) is 17.4 Å². The maximum Gasteiger partial charge on any atom is 0.183 e. The van der Waals surface area contributed by atoms with E-state index >= 15 is 0 Å². The molecule has 0 atom stereocenters. The van der Waals surface area contributed by atoms with Gasteiger partial charge < -0.3 is 10.5 Å². The Bertz CT molecular complexity index is 573. The third-order valence-corrected chi connectivity index (χ3v) is 2.93. The lowest BCUT2D eigenvalue weighted by Gasteiger charge is -2.10. The average Bonchev–Trinajstić information content (AvgIpc) is 2.35. The van der Waals surface area contributed by atoms with Crippen LogP contribution in [-0.4, -0.2) is 0 Å². The summed E-state index contributed by atoms with van der Waals surface area (Å²) in [5, 5.41) is 0.570. The molecule has 0 radical (unpaired) electrons. The molecule has 0 heterocycles. The van der Waals surface area contributed by atoms with Crippen molar-refractivity contribution >= 4 is 28.9 Å². The van der Waals surface area contributed by atoms with E-state index in [1.165, 1.54) is 12.1 Å². The molecule has 0 aliphatic carbocycles. The van der Waals surface area contributed by atoms with Gasteiger partial charge in [-0.05, 0) is 30.3 Å². The van der Waals surface area contributed by atoms with Gasteiger partial charge in [0.05, 0.1) is 5.02 Å². The molecular weight excluding hydrogens is 276 g/mol. The van der Waals surface area contributed by atoms with Gasteiger partial charge in [-0.2, -0.15) is 0 Å². The van der Waals surface area contributed by atoms with Crippen LogP contribution in [0.15, 0.2) is 36.4 Å². The molecule has 0 aliphatic heterocycles. The highest BCUT2D eigenvalue weighted by Crippen LogP contribution is 2.26. The SMILES string of the molecule is Nc1ccc(Cl)cc1COc1cccc(Cl)c1F. The zero-order chi connectivity index (χ0) is 13.1. The molecule has 0 amide bonds. The van der Waals surface area contributed by atoms with E-state index in [1.807, 2.05) is 0 Å². The maximum absolute atomic E-state index is 13.6. The van der Waals surface area contributed by atoms with Crippen molar-refractivity contribution in [1.82, 2.24) is 0 Å². The Balaban J connectivity index is 2.16. The lowest BCUT2D eigenvalue weighted by Crippen LogP contribution is -2.01. The Hall–Kier alpha value is -1.45. The van der Waals surface area contributed by atoms with Crippen LogP contribution < -0.4 is 10.5 Å². The molecule has 0 saturated carbocycles. The second kappa shape index (κ2) is 5.46. The van der Waals surface area contributed by atoms with E-state index in [0.717, 1.165) is 0 Å². The third kappa shape index (κ3) is 2.86. The number of halogens is 3. The van der Waals surface area contributed by atoms with Crippen LogP contribution in [0.5, 0.6) is 5.75 Å². The Morgan fingerprint density at radius 2 is 1.94 bits per heavy atom. The quantitative estimate of drug-likeness (QED) is 0.854. The normalized spacial score (nSPS) is 10.4. The zero-order valence-corrected chi connectivity index (χ0v) is 10.8. The molecule has 18 heavy (non-hydrogen) atoms. The van der Waals surface area contributed by atoms with E-state index in [1.54, 1.807) is 24.3 Å². The van der Waals surface area contributed by atoms with Gasteiger partial charge in [0.1, 0.15) is 6.61 Å². The second-order valence-corrected chi connectivity index (χ2v) is 4.53. The van der Waals surface area contributed by atoms with E-state index in [2.05, 4.69) is 0 Å². The monoisotopic (exact) mass is 285 g/mol. The summed E-state index contributed by atoms with van der Waals surface area (Å²) in [6.45, 7) is 0.129. The molecular formula is C13H10Cl2FNO. The predicted molar refractivity (Wildman–Crippen MR) is 71.6 cm³/mol. The van der Waals surface area contributed by atoms with Gasteiger partial charge in [-0.25, -0.2) is 4.39 Å². The van der Waals surface area contributed by atoms with Crippen LogP contribution in [0, 0.1) is 5.82 Å². The van der Waals surface area contributed by atoms with Gasteiger partial charge in [-0.3, -0.25) is 0 Å². The van der Waals surface area contributed by atoms with Gasteiger partial charge in [-0.1, -0.05) is 29.3 Å². The standard InChI is InChI=1S/C13H10Cl2FNO/c14-9-4-5-11(17)8(6-9)7-18-12-3-1-2-10(15)13(12)16/h1-6H,7,17H2. The van der Waals surface area contributed by atoms with Gasteiger partial charge >= 0.3 is 0 Å². The molecule has 5 heteroatoms. The van der Waals surface area contributed by atoms with E-state index < -0.39 is 5.82 Å². The van der Waals surface area contributed by atoms with Crippen molar-refractivity contribution in [3.63, 3.8) is 0 Å². The molecule has 94 valence electrons. The molecule has 0 bridgehead atoms. The fourth-order valence-electron chi connectivity index (χ4n) is 1.45. The predicted octanol–water partition coefficient (Wildman–Crippen LogP) is 4.29. The Morgan fingerprint density at radius 3 is 2.72 bits per heavy atom. The topological polar surface area (TPSA) is 35.2 Å². The van der Waals surface area contributed by atoms with Crippen LogP contribution in [0.2, 0.25) is 10.0 Å². The van der Waals surface area contributed by atoms with Crippen LogP contribution in [0.4, 0.5) is 10.1 Å². The first-order valence-electron chi connectivity index (χ1n) is 5.18. The first kappa shape index (κ1) is 13.0. The number of anilines is 1. The van der Waals surface area contributed by atoms with Crippen LogP contribution in [0.1, 0.15) is 5.56 Å². The summed E-state index contributed by atoms with van der Waals surface area (Å²) in [5.41, 5.74) is 7.00. The van der Waals surface area contributed by atoms with Crippen LogP contribution in [-0.2, 0) is 6.61 Å². The second-order valence-electron chi connectivity index (χ2n) is 3.68. The van der Waals surface area contributed by atoms with E-state index in [9.17, 15) is 4.39 Å². The van der Waals surface area contributed by atoms with Crippen molar-refractivity contribution in [3.05, 3.63) is 57.8 Å². The zero-order valence-electron chi connectivity index (χ0n) is 9.29. The molecule has 2 aromatic rings. The minimum Gasteiger partial charge on any atom is -0.486 e. The molecule has 0 aliphatic rings. The van der Waals surface area contributed by atoms with Crippen LogP contribution in [0.3, 0.4) is 0 Å². The Kier molecular flexibility index (Phi) is 3.94. The number of hydrogen-bond donors (Lipinski definition) is 1. The van der Waals surface area contributed by atoms with E-state index in [4.69, 9.17) is 33.7 Å². The van der Waals surface area contributed by atoms with Crippen molar-refractivity contribution in [3.8, 4) is 5.75 Å². The largest absolute Gasteiger partial charge is 0.486 e. The van der Waals surface area contributed by atoms with Crippen molar-refractivity contribution in [2.75, 3.05) is 5.73 Å². The molecule has 0 saturated heterocycles. The van der Waals surface area contributed by atoms with Crippen molar-refractivity contribution in [2.24, 2.45) is 0 Å². The number of ether oxygens (including phenoxy) is 1. The van der Waals surface area contributed by atoms with Crippen molar-refractivity contribution < 1.29 is 9.13 Å². The highest BCUT2D eigenvalue weighted by Gasteiger charge is 2.08. The lowest BCUT2D eigenvalue weighted by atomic mass is 10.2. The molecule has 0 fully saturated rings. The summed E-state index contributed by atoms with van der Waals surface area (Å²) in [7, 11) is 0. The highest BCUT2D eigenvalue weighted by atomic mass is 35.5. The molecule has 2 nitrogen and oxygen atoms in total. The molecule has 0 aromatic heterocycles. The first-order valence-corrected chi connectivity index (χ1v) is 5.94. The summed E-state index contributed by atoms with van der Waals surface area (Å²) in [6.07, 6.45) is 0. The summed E-state index contributed by atoms with van der Waals surface area (Å²) in [4.78, 5) is 0. The minimum atomic E-state index is -0.584. The van der Waals surface area contributed by atoms with Crippen molar-refractivity contribution in [1.29, 1.82) is 0 Å². The van der Waals surface area contributed by atoms with Gasteiger partial charge in [-0.15, -0.1) is 0 Å². The number of nitrogens with two attached hydrogens (primary N) is 1. The Labute approximate surface area is 114 Å². The Morgan fingerprint density at radius 1 is 1.17 bits per heavy atom. The maximum atomic E-state index is 13.6. The molecule has 2 N–H and O–H groups in total. The molecule has 0 unspecified atom stereocenters. The highest BCUT2D eigenvalue weighted by molar-refractivity contribution is 6.31. The average molecular weight is 286 g/mol. The summed E-state index contributed by atoms with van der Waals surface area (Å²) in [6, 6.07) is 9.61. The number of benzene rings is 2. The molecule has 0 spiro atoms. The number of rotatable bonds is 3. The first-order chi connectivity index (χ1) is 8.58. The number of nitrogen functional groups attached to an aromatic ring is 1. The van der Waals surface area contributed by atoms with Crippen LogP contribution >= 0.6 is 23.2 Å². The summed E-state index contributed by atoms with van der Waals surface area (Å²) < 4.78 is 18.9. The summed E-state index contributed by atoms with van der Waals surface area (Å²) >= 11 is 11.5. The third-order valence-electron chi connectivity index (χ3n) is 2.40. The molecule has 2 aromatic carbocycles. The van der Waals surface area contributed by atoms with Gasteiger partial charge in [0, 0.05) is 16.3 Å². The lowest BCUT2D eigenvalue weighted by molar-refractivity contribution is 0.291. The minimum absolute atomic E-state index is 0.0200. The van der Waals surface area contributed by atoms with Gasteiger partial charge in [0.15, 0.2) is 11.6 Å². The number of hydrogen-bond acceptors (Lipinski definition) is 2. The van der Waals surface area contributed by atoms with Gasteiger partial charge in [0.2, 0.25) is 0 Å². The fourth-order valence-corrected chi connectivity index (χ4v) is 1.81. The summed E-state index contributed by atoms with van der Waals surface area (Å²) in [5.74, 6) is -0.498. The fraction of sp³-hybridized carbons (Fsp3) is 0.0769. The molecule has 2 rings (SSSR count). The van der Waals surface area contributed by atoms with Gasteiger partial charge in [0.25, 0.3) is 0 Å². The van der Waals surface area contributed by atoms with Crippen LogP contribution in [0.25, 0.3) is 0 Å².